The van der Waals surface area contributed by atoms with Crippen LogP contribution in [0.3, 0.4) is 0 Å². The molecule has 5 nitrogen and oxygen atoms in total. The smallest absolute Gasteiger partial charge is 0.304 e. The van der Waals surface area contributed by atoms with E-state index in [-0.39, 0.29) is 6.79 Å². The molecule has 0 spiro atoms. The topological polar surface area (TPSA) is 54.0 Å². The third kappa shape index (κ3) is 7.24. The van der Waals surface area contributed by atoms with Gasteiger partial charge in [-0.2, -0.15) is 4.89 Å². The number of ether oxygens (including phenoxy) is 2. The van der Waals surface area contributed by atoms with E-state index in [1.54, 1.807) is 6.92 Å². The van der Waals surface area contributed by atoms with Crippen molar-refractivity contribution in [3.63, 3.8) is 0 Å². The highest BCUT2D eigenvalue weighted by molar-refractivity contribution is 5.65. The van der Waals surface area contributed by atoms with E-state index in [4.69, 9.17) is 0 Å². The van der Waals surface area contributed by atoms with E-state index in [1.807, 2.05) is 0 Å². The van der Waals surface area contributed by atoms with Crippen LogP contribution in [0.5, 0.6) is 0 Å². The van der Waals surface area contributed by atoms with Crippen molar-refractivity contribution >= 4 is 5.97 Å². The van der Waals surface area contributed by atoms with Gasteiger partial charge in [0.2, 0.25) is 6.79 Å². The second kappa shape index (κ2) is 6.09. The zero-order valence-corrected chi connectivity index (χ0v) is 6.83. The number of hydrogen-bond acceptors (Lipinski definition) is 5. The Hall–Kier alpha value is -0.650. The second-order valence-electron chi connectivity index (χ2n) is 1.77. The summed E-state index contributed by atoms with van der Waals surface area (Å²) in [7, 11) is 1.47. The molecule has 66 valence electrons. The summed E-state index contributed by atoms with van der Waals surface area (Å²) in [5.74, 6) is -0.418. The van der Waals surface area contributed by atoms with Crippen molar-refractivity contribution < 1.29 is 24.0 Å². The van der Waals surface area contributed by atoms with Gasteiger partial charge in [0.25, 0.3) is 0 Å². The minimum atomic E-state index is -0.467. The largest absolute Gasteiger partial charge is 0.436 e. The minimum Gasteiger partial charge on any atom is -0.436 e. The van der Waals surface area contributed by atoms with Gasteiger partial charge in [-0.15, -0.1) is 0 Å². The fourth-order valence-electron chi connectivity index (χ4n) is 0.270. The van der Waals surface area contributed by atoms with Gasteiger partial charge in [0.1, 0.15) is 0 Å². The van der Waals surface area contributed by atoms with Gasteiger partial charge in [0, 0.05) is 14.0 Å². The molecule has 0 amide bonds. The molecule has 0 heterocycles. The third-order valence-electron chi connectivity index (χ3n) is 0.846. The number of esters is 1. The zero-order chi connectivity index (χ0) is 8.69. The maximum absolute atomic E-state index is 10.2. The average Bonchev–Trinajstić information content (AvgIpc) is 1.97. The molecule has 0 aromatic rings. The number of carbonyl (C=O) groups excluding carboxylic acids is 1. The highest BCUT2D eigenvalue weighted by atomic mass is 17.2. The molecule has 0 aromatic carbocycles. The molecular weight excluding hydrogens is 152 g/mol. The number of carbonyl (C=O) groups is 1. The van der Waals surface area contributed by atoms with Gasteiger partial charge in [0.15, 0.2) is 6.29 Å². The van der Waals surface area contributed by atoms with Crippen LogP contribution in [0.15, 0.2) is 0 Å². The lowest BCUT2D eigenvalue weighted by atomic mass is 10.8. The van der Waals surface area contributed by atoms with Crippen LogP contribution in [0.25, 0.3) is 0 Å². The lowest BCUT2D eigenvalue weighted by molar-refractivity contribution is -0.392. The van der Waals surface area contributed by atoms with Gasteiger partial charge in [-0.05, 0) is 6.92 Å². The fourth-order valence-corrected chi connectivity index (χ4v) is 0.270. The van der Waals surface area contributed by atoms with Crippen LogP contribution in [0.2, 0.25) is 0 Å². The van der Waals surface area contributed by atoms with E-state index >= 15 is 0 Å². The predicted molar refractivity (Wildman–Crippen MR) is 35.3 cm³/mol. The molecule has 0 saturated carbocycles. The van der Waals surface area contributed by atoms with Crippen molar-refractivity contribution in [3.05, 3.63) is 0 Å². The first-order chi connectivity index (χ1) is 5.16. The summed E-state index contributed by atoms with van der Waals surface area (Å²) >= 11 is 0. The lowest BCUT2D eigenvalue weighted by Crippen LogP contribution is -2.13. The monoisotopic (exact) mass is 164 g/mol. The molecule has 0 saturated heterocycles. The van der Waals surface area contributed by atoms with Crippen molar-refractivity contribution in [2.75, 3.05) is 13.9 Å². The van der Waals surface area contributed by atoms with E-state index < -0.39 is 12.3 Å². The van der Waals surface area contributed by atoms with Crippen LogP contribution >= 0.6 is 0 Å². The molecule has 0 radical (unpaired) electrons. The summed E-state index contributed by atoms with van der Waals surface area (Å²) in [5, 5.41) is 0. The molecule has 0 aromatic heterocycles. The number of hydrogen-bond donors (Lipinski definition) is 0. The van der Waals surface area contributed by atoms with Crippen LogP contribution in [0.4, 0.5) is 0 Å². The SMILES string of the molecule is COC(C)OOCOC(C)=O. The first-order valence-electron chi connectivity index (χ1n) is 3.11. The molecule has 0 N–H and O–H groups in total. The summed E-state index contributed by atoms with van der Waals surface area (Å²) < 4.78 is 9.06. The van der Waals surface area contributed by atoms with Gasteiger partial charge in [-0.3, -0.25) is 4.79 Å². The Morgan fingerprint density at radius 2 is 2.18 bits per heavy atom. The van der Waals surface area contributed by atoms with Crippen molar-refractivity contribution in [3.8, 4) is 0 Å². The lowest BCUT2D eigenvalue weighted by Gasteiger charge is -2.08. The minimum absolute atomic E-state index is 0.219. The fraction of sp³-hybridized carbons (Fsp3) is 0.833. The van der Waals surface area contributed by atoms with Gasteiger partial charge >= 0.3 is 5.97 Å². The summed E-state index contributed by atoms with van der Waals surface area (Å²) in [6, 6.07) is 0. The van der Waals surface area contributed by atoms with E-state index in [0.29, 0.717) is 0 Å². The highest BCUT2D eigenvalue weighted by Crippen LogP contribution is 1.91. The first kappa shape index (κ1) is 10.3. The standard InChI is InChI=1S/C6H12O5/c1-5(7)9-4-10-11-6(2)8-3/h6H,4H2,1-3H3. The van der Waals surface area contributed by atoms with Crippen molar-refractivity contribution in [1.29, 1.82) is 0 Å². The summed E-state index contributed by atoms with van der Waals surface area (Å²) in [5.41, 5.74) is 0. The van der Waals surface area contributed by atoms with E-state index in [0.717, 1.165) is 0 Å². The summed E-state index contributed by atoms with van der Waals surface area (Å²) in [6.45, 7) is 2.71. The van der Waals surface area contributed by atoms with Gasteiger partial charge in [-0.1, -0.05) is 0 Å². The predicted octanol–water partition coefficient (Wildman–Crippen LogP) is 0.448. The average molecular weight is 164 g/mol. The summed E-state index contributed by atoms with van der Waals surface area (Å²) in [6.07, 6.45) is -0.467. The van der Waals surface area contributed by atoms with Crippen molar-refractivity contribution in [1.82, 2.24) is 0 Å². The Bertz CT molecular complexity index is 114. The van der Waals surface area contributed by atoms with Crippen LogP contribution in [-0.4, -0.2) is 26.2 Å². The van der Waals surface area contributed by atoms with E-state index in [1.165, 1.54) is 14.0 Å². The molecular formula is C6H12O5. The highest BCUT2D eigenvalue weighted by Gasteiger charge is 1.99. The van der Waals surface area contributed by atoms with Gasteiger partial charge in [-0.25, -0.2) is 4.89 Å². The van der Waals surface area contributed by atoms with E-state index in [2.05, 4.69) is 19.2 Å². The quantitative estimate of drug-likeness (QED) is 0.194. The Morgan fingerprint density at radius 1 is 1.55 bits per heavy atom. The maximum atomic E-state index is 10.2. The van der Waals surface area contributed by atoms with Crippen molar-refractivity contribution in [2.24, 2.45) is 0 Å². The molecule has 0 fully saturated rings. The molecule has 0 bridgehead atoms. The van der Waals surface area contributed by atoms with Crippen LogP contribution in [-0.2, 0) is 24.0 Å². The van der Waals surface area contributed by atoms with Crippen LogP contribution in [0.1, 0.15) is 13.8 Å². The van der Waals surface area contributed by atoms with Crippen LogP contribution in [0, 0.1) is 0 Å². The zero-order valence-electron chi connectivity index (χ0n) is 6.83. The second-order valence-corrected chi connectivity index (χ2v) is 1.77. The normalized spacial score (nSPS) is 12.6. The molecule has 0 aliphatic carbocycles. The number of rotatable bonds is 5. The molecule has 0 aliphatic rings. The van der Waals surface area contributed by atoms with Crippen LogP contribution < -0.4 is 0 Å². The Balaban J connectivity index is 3.08. The van der Waals surface area contributed by atoms with Gasteiger partial charge < -0.3 is 9.47 Å². The maximum Gasteiger partial charge on any atom is 0.304 e. The summed E-state index contributed by atoms with van der Waals surface area (Å²) in [4.78, 5) is 19.1. The molecule has 1 unspecified atom stereocenters. The Morgan fingerprint density at radius 3 is 2.64 bits per heavy atom. The molecule has 5 heteroatoms. The molecule has 0 rings (SSSR count). The van der Waals surface area contributed by atoms with Gasteiger partial charge in [0.05, 0.1) is 0 Å². The Kier molecular flexibility index (Phi) is 5.73. The molecule has 0 aliphatic heterocycles. The molecule has 1 atom stereocenters. The first-order valence-corrected chi connectivity index (χ1v) is 3.11. The van der Waals surface area contributed by atoms with E-state index in [9.17, 15) is 4.79 Å². The Labute approximate surface area is 65.1 Å². The van der Waals surface area contributed by atoms with Crippen molar-refractivity contribution in [2.45, 2.75) is 20.1 Å². The third-order valence-corrected chi connectivity index (χ3v) is 0.846. The molecule has 11 heavy (non-hydrogen) atoms. The number of methoxy groups -OCH3 is 1.